The maximum absolute atomic E-state index is 12.2. The van der Waals surface area contributed by atoms with E-state index in [1.54, 1.807) is 24.3 Å². The summed E-state index contributed by atoms with van der Waals surface area (Å²) in [5.41, 5.74) is 5.36. The minimum atomic E-state index is -0.556. The molecule has 0 atom stereocenters. The molecule has 18 heavy (non-hydrogen) atoms. The average molecular weight is 245 g/mol. The van der Waals surface area contributed by atoms with Crippen LogP contribution in [0.3, 0.4) is 0 Å². The second-order valence-corrected chi connectivity index (χ2v) is 4.88. The molecule has 0 spiro atoms. The van der Waals surface area contributed by atoms with Crippen LogP contribution < -0.4 is 11.2 Å². The minimum absolute atomic E-state index is 0.0594. The summed E-state index contributed by atoms with van der Waals surface area (Å²) in [5, 5.41) is 0.413. The third-order valence-corrected chi connectivity index (χ3v) is 3.08. The van der Waals surface area contributed by atoms with Gasteiger partial charge >= 0.3 is 0 Å². The molecule has 0 saturated heterocycles. The number of hydrogen-bond acceptors (Lipinski definition) is 4. The van der Waals surface area contributed by atoms with E-state index in [1.807, 2.05) is 13.8 Å². The van der Waals surface area contributed by atoms with Crippen molar-refractivity contribution in [2.45, 2.75) is 19.3 Å². The number of rotatable bonds is 3. The van der Waals surface area contributed by atoms with Crippen molar-refractivity contribution < 1.29 is 9.21 Å². The molecule has 0 aliphatic rings. The number of hydrogen-bond donors (Lipinski definition) is 1. The maximum Gasteiger partial charge on any atom is 0.203 e. The van der Waals surface area contributed by atoms with Crippen LogP contribution in [0.2, 0.25) is 0 Å². The summed E-state index contributed by atoms with van der Waals surface area (Å²) in [7, 11) is 0. The fraction of sp³-hybridized carbons (Fsp3) is 0.286. The quantitative estimate of drug-likeness (QED) is 0.837. The molecule has 0 fully saturated rings. The van der Waals surface area contributed by atoms with Crippen molar-refractivity contribution in [3.05, 3.63) is 45.8 Å². The van der Waals surface area contributed by atoms with E-state index < -0.39 is 5.41 Å². The smallest absolute Gasteiger partial charge is 0.203 e. The van der Waals surface area contributed by atoms with Crippen molar-refractivity contribution in [3.63, 3.8) is 0 Å². The normalized spacial score (nSPS) is 11.7. The van der Waals surface area contributed by atoms with Crippen molar-refractivity contribution in [1.82, 2.24) is 0 Å². The molecular formula is C14H15NO3. The van der Waals surface area contributed by atoms with E-state index in [0.29, 0.717) is 23.0 Å². The van der Waals surface area contributed by atoms with Gasteiger partial charge in [-0.2, -0.15) is 0 Å². The molecule has 0 saturated carbocycles. The Balaban J connectivity index is 2.90. The first-order valence-corrected chi connectivity index (χ1v) is 5.73. The SMILES string of the molecule is CC(C)(CN)c1oc2ccccc2c(=O)c1C=O. The van der Waals surface area contributed by atoms with Gasteiger partial charge in [0.05, 0.1) is 5.39 Å². The monoisotopic (exact) mass is 245 g/mol. The molecule has 4 nitrogen and oxygen atoms in total. The largest absolute Gasteiger partial charge is 0.459 e. The lowest BCUT2D eigenvalue weighted by atomic mass is 9.87. The minimum Gasteiger partial charge on any atom is -0.459 e. The molecular weight excluding hydrogens is 230 g/mol. The molecule has 0 radical (unpaired) electrons. The number of para-hydroxylation sites is 1. The third kappa shape index (κ3) is 1.84. The van der Waals surface area contributed by atoms with Crippen LogP contribution >= 0.6 is 0 Å². The van der Waals surface area contributed by atoms with Gasteiger partial charge in [0.15, 0.2) is 6.29 Å². The molecule has 2 rings (SSSR count). The number of carbonyl (C=O) groups is 1. The van der Waals surface area contributed by atoms with Gasteiger partial charge in [-0.05, 0) is 12.1 Å². The molecule has 1 aromatic carbocycles. The number of carbonyl (C=O) groups excluding carboxylic acids is 1. The molecule has 0 aliphatic carbocycles. The highest BCUT2D eigenvalue weighted by Gasteiger charge is 2.27. The Morgan fingerprint density at radius 1 is 1.33 bits per heavy atom. The van der Waals surface area contributed by atoms with Crippen LogP contribution in [0.4, 0.5) is 0 Å². The predicted molar refractivity (Wildman–Crippen MR) is 70.0 cm³/mol. The Labute approximate surface area is 104 Å². The van der Waals surface area contributed by atoms with Crippen LogP contribution in [0.5, 0.6) is 0 Å². The number of fused-ring (bicyclic) bond motifs is 1. The maximum atomic E-state index is 12.2. The van der Waals surface area contributed by atoms with E-state index in [4.69, 9.17) is 10.2 Å². The highest BCUT2D eigenvalue weighted by molar-refractivity contribution is 5.85. The fourth-order valence-electron chi connectivity index (χ4n) is 1.86. The standard InChI is InChI=1S/C14H15NO3/c1-14(2,8-15)13-10(7-16)12(17)9-5-3-4-6-11(9)18-13/h3-7H,8,15H2,1-2H3. The lowest BCUT2D eigenvalue weighted by Gasteiger charge is -2.22. The van der Waals surface area contributed by atoms with Gasteiger partial charge < -0.3 is 10.2 Å². The van der Waals surface area contributed by atoms with Crippen LogP contribution in [-0.4, -0.2) is 12.8 Å². The van der Waals surface area contributed by atoms with E-state index in [9.17, 15) is 9.59 Å². The topological polar surface area (TPSA) is 73.3 Å². The molecule has 0 amide bonds. The zero-order chi connectivity index (χ0) is 13.3. The van der Waals surface area contributed by atoms with E-state index in [2.05, 4.69) is 0 Å². The summed E-state index contributed by atoms with van der Waals surface area (Å²) in [6.07, 6.45) is 0.547. The lowest BCUT2D eigenvalue weighted by Crippen LogP contribution is -2.31. The van der Waals surface area contributed by atoms with E-state index >= 15 is 0 Å². The molecule has 1 heterocycles. The second-order valence-electron chi connectivity index (χ2n) is 4.88. The predicted octanol–water partition coefficient (Wildman–Crippen LogP) is 1.84. The van der Waals surface area contributed by atoms with E-state index in [-0.39, 0.29) is 17.5 Å². The molecule has 0 aliphatic heterocycles. The van der Waals surface area contributed by atoms with Crippen molar-refractivity contribution in [3.8, 4) is 0 Å². The van der Waals surface area contributed by atoms with Crippen LogP contribution in [0.25, 0.3) is 11.0 Å². The summed E-state index contributed by atoms with van der Waals surface area (Å²) in [4.78, 5) is 23.4. The summed E-state index contributed by atoms with van der Waals surface area (Å²) >= 11 is 0. The van der Waals surface area contributed by atoms with E-state index in [1.165, 1.54) is 0 Å². The van der Waals surface area contributed by atoms with Crippen LogP contribution in [-0.2, 0) is 5.41 Å². The van der Waals surface area contributed by atoms with Crippen LogP contribution in [0.15, 0.2) is 33.5 Å². The molecule has 1 aromatic heterocycles. The Morgan fingerprint density at radius 3 is 2.61 bits per heavy atom. The zero-order valence-corrected chi connectivity index (χ0v) is 10.4. The first-order chi connectivity index (χ1) is 8.51. The molecule has 4 heteroatoms. The van der Waals surface area contributed by atoms with Crippen LogP contribution in [0, 0.1) is 0 Å². The molecule has 0 bridgehead atoms. The summed E-state index contributed by atoms with van der Waals surface area (Å²) in [6, 6.07) is 6.88. The van der Waals surface area contributed by atoms with Crippen molar-refractivity contribution >= 4 is 17.3 Å². The highest BCUT2D eigenvalue weighted by atomic mass is 16.3. The molecule has 2 N–H and O–H groups in total. The summed E-state index contributed by atoms with van der Waals surface area (Å²) in [5.74, 6) is 0.351. The van der Waals surface area contributed by atoms with Gasteiger partial charge in [-0.3, -0.25) is 9.59 Å². The Hall–Kier alpha value is -1.94. The van der Waals surface area contributed by atoms with Gasteiger partial charge in [-0.15, -0.1) is 0 Å². The number of nitrogens with two attached hydrogens (primary N) is 1. The third-order valence-electron chi connectivity index (χ3n) is 3.08. The first-order valence-electron chi connectivity index (χ1n) is 5.73. The Bertz CT molecular complexity index is 656. The van der Waals surface area contributed by atoms with Crippen molar-refractivity contribution in [2.75, 3.05) is 6.54 Å². The van der Waals surface area contributed by atoms with Gasteiger partial charge in [0.1, 0.15) is 16.9 Å². The van der Waals surface area contributed by atoms with Gasteiger partial charge in [0, 0.05) is 12.0 Å². The van der Waals surface area contributed by atoms with Gasteiger partial charge in [-0.1, -0.05) is 26.0 Å². The summed E-state index contributed by atoms with van der Waals surface area (Å²) < 4.78 is 5.71. The van der Waals surface area contributed by atoms with Crippen LogP contribution in [0.1, 0.15) is 30.0 Å². The molecule has 2 aromatic rings. The number of aldehydes is 1. The summed E-state index contributed by atoms with van der Waals surface area (Å²) in [6.45, 7) is 3.97. The Morgan fingerprint density at radius 2 is 2.00 bits per heavy atom. The molecule has 94 valence electrons. The first kappa shape index (κ1) is 12.5. The Kier molecular flexibility index (Phi) is 3.05. The van der Waals surface area contributed by atoms with E-state index in [0.717, 1.165) is 0 Å². The fourth-order valence-corrected chi connectivity index (χ4v) is 1.86. The van der Waals surface area contributed by atoms with Gasteiger partial charge in [0.2, 0.25) is 5.43 Å². The van der Waals surface area contributed by atoms with Crippen molar-refractivity contribution in [2.24, 2.45) is 5.73 Å². The average Bonchev–Trinajstić information content (AvgIpc) is 2.38. The number of benzene rings is 1. The zero-order valence-electron chi connectivity index (χ0n) is 10.4. The molecule has 0 unspecified atom stereocenters. The van der Waals surface area contributed by atoms with Gasteiger partial charge in [-0.25, -0.2) is 0 Å². The van der Waals surface area contributed by atoms with Gasteiger partial charge in [0.25, 0.3) is 0 Å². The highest BCUT2D eigenvalue weighted by Crippen LogP contribution is 2.26. The second kappa shape index (κ2) is 4.38. The lowest BCUT2D eigenvalue weighted by molar-refractivity contribution is 0.111. The van der Waals surface area contributed by atoms with Crippen molar-refractivity contribution in [1.29, 1.82) is 0 Å².